The van der Waals surface area contributed by atoms with Crippen LogP contribution in [-0.2, 0) is 12.6 Å². The molecule has 0 saturated heterocycles. The molecule has 2 N–H and O–H groups in total. The van der Waals surface area contributed by atoms with E-state index in [1.165, 1.54) is 0 Å². The van der Waals surface area contributed by atoms with Crippen molar-refractivity contribution in [2.45, 2.75) is 12.6 Å². The van der Waals surface area contributed by atoms with E-state index in [9.17, 15) is 22.0 Å². The molecule has 0 saturated carbocycles. The summed E-state index contributed by atoms with van der Waals surface area (Å²) >= 11 is 0. The summed E-state index contributed by atoms with van der Waals surface area (Å²) in [7, 11) is 0. The lowest BCUT2D eigenvalue weighted by Crippen LogP contribution is -2.12. The van der Waals surface area contributed by atoms with Gasteiger partial charge in [-0.25, -0.2) is 8.78 Å². The fourth-order valence-electron chi connectivity index (χ4n) is 1.16. The molecule has 0 radical (unpaired) electrons. The van der Waals surface area contributed by atoms with E-state index < -0.39 is 23.4 Å². The molecule has 0 unspecified atom stereocenters. The fraction of sp³-hybridized carbons (Fsp3) is 0.333. The van der Waals surface area contributed by atoms with E-state index in [-0.39, 0.29) is 18.5 Å². The summed E-state index contributed by atoms with van der Waals surface area (Å²) in [6.45, 7) is 0.0718. The maximum Gasteiger partial charge on any atom is 0.419 e. The van der Waals surface area contributed by atoms with Gasteiger partial charge in [0.05, 0.1) is 5.56 Å². The molecule has 84 valence electrons. The number of alkyl halides is 3. The van der Waals surface area contributed by atoms with Crippen LogP contribution in [0.15, 0.2) is 12.1 Å². The molecule has 6 heteroatoms. The molecular formula is C9H8F5N. The molecule has 1 nitrogen and oxygen atoms in total. The molecule has 0 spiro atoms. The van der Waals surface area contributed by atoms with E-state index in [2.05, 4.69) is 0 Å². The SMILES string of the molecule is NCCc1cc(F)c(F)c(C(F)(F)F)c1. The van der Waals surface area contributed by atoms with Crippen LogP contribution in [0.2, 0.25) is 0 Å². The van der Waals surface area contributed by atoms with Crippen LogP contribution in [-0.4, -0.2) is 6.54 Å². The highest BCUT2D eigenvalue weighted by molar-refractivity contribution is 5.28. The first-order chi connectivity index (χ1) is 6.86. The Balaban J connectivity index is 3.25. The van der Waals surface area contributed by atoms with E-state index in [1.54, 1.807) is 0 Å². The second kappa shape index (κ2) is 4.14. The van der Waals surface area contributed by atoms with Crippen LogP contribution in [0.3, 0.4) is 0 Å². The largest absolute Gasteiger partial charge is 0.419 e. The average molecular weight is 225 g/mol. The van der Waals surface area contributed by atoms with Crippen molar-refractivity contribution in [1.82, 2.24) is 0 Å². The lowest BCUT2D eigenvalue weighted by atomic mass is 10.1. The first kappa shape index (κ1) is 11.9. The first-order valence-corrected chi connectivity index (χ1v) is 4.11. The number of nitrogens with two attached hydrogens (primary N) is 1. The van der Waals surface area contributed by atoms with Gasteiger partial charge in [-0.05, 0) is 30.7 Å². The Morgan fingerprint density at radius 3 is 2.20 bits per heavy atom. The van der Waals surface area contributed by atoms with Gasteiger partial charge < -0.3 is 5.73 Å². The number of rotatable bonds is 2. The van der Waals surface area contributed by atoms with Crippen molar-refractivity contribution in [3.05, 3.63) is 34.9 Å². The predicted octanol–water partition coefficient (Wildman–Crippen LogP) is 2.48. The van der Waals surface area contributed by atoms with Gasteiger partial charge in [0.25, 0.3) is 0 Å². The molecule has 0 aliphatic heterocycles. The zero-order chi connectivity index (χ0) is 11.6. The molecule has 0 aliphatic rings. The minimum absolute atomic E-state index is 0.0312. The molecule has 0 atom stereocenters. The lowest BCUT2D eigenvalue weighted by Gasteiger charge is -2.10. The average Bonchev–Trinajstić information content (AvgIpc) is 2.09. The van der Waals surface area contributed by atoms with Crippen LogP contribution in [0.5, 0.6) is 0 Å². The molecule has 0 amide bonds. The highest BCUT2D eigenvalue weighted by Crippen LogP contribution is 2.33. The standard InChI is InChI=1S/C9H8F5N/c10-7-4-5(1-2-15)3-6(8(7)11)9(12,13)14/h3-4H,1-2,15H2. The van der Waals surface area contributed by atoms with Crippen molar-refractivity contribution >= 4 is 0 Å². The Hall–Kier alpha value is -1.17. The third kappa shape index (κ3) is 2.65. The summed E-state index contributed by atoms with van der Waals surface area (Å²) in [4.78, 5) is 0. The highest BCUT2D eigenvalue weighted by Gasteiger charge is 2.35. The van der Waals surface area contributed by atoms with Gasteiger partial charge >= 0.3 is 6.18 Å². The Morgan fingerprint density at radius 1 is 1.13 bits per heavy atom. The zero-order valence-electron chi connectivity index (χ0n) is 7.54. The molecule has 1 aromatic carbocycles. The normalized spacial score (nSPS) is 11.9. The number of hydrogen-bond donors (Lipinski definition) is 1. The van der Waals surface area contributed by atoms with Crippen LogP contribution >= 0.6 is 0 Å². The van der Waals surface area contributed by atoms with Crippen molar-refractivity contribution in [3.63, 3.8) is 0 Å². The molecule has 0 heterocycles. The van der Waals surface area contributed by atoms with Gasteiger partial charge in [-0.1, -0.05) is 0 Å². The van der Waals surface area contributed by atoms with E-state index in [1.807, 2.05) is 0 Å². The van der Waals surface area contributed by atoms with Crippen LogP contribution in [0.4, 0.5) is 22.0 Å². The molecular weight excluding hydrogens is 217 g/mol. The van der Waals surface area contributed by atoms with Crippen molar-refractivity contribution < 1.29 is 22.0 Å². The monoisotopic (exact) mass is 225 g/mol. The molecule has 15 heavy (non-hydrogen) atoms. The lowest BCUT2D eigenvalue weighted by molar-refractivity contribution is -0.140. The minimum atomic E-state index is -4.89. The minimum Gasteiger partial charge on any atom is -0.330 e. The fourth-order valence-corrected chi connectivity index (χ4v) is 1.16. The van der Waals surface area contributed by atoms with Crippen molar-refractivity contribution in [2.75, 3.05) is 6.54 Å². The third-order valence-electron chi connectivity index (χ3n) is 1.83. The summed E-state index contributed by atoms with van der Waals surface area (Å²) in [5.41, 5.74) is 3.55. The van der Waals surface area contributed by atoms with Crippen LogP contribution in [0, 0.1) is 11.6 Å². The van der Waals surface area contributed by atoms with E-state index in [4.69, 9.17) is 5.73 Å². The Bertz CT molecular complexity index is 358. The van der Waals surface area contributed by atoms with Crippen molar-refractivity contribution in [2.24, 2.45) is 5.73 Å². The number of hydrogen-bond acceptors (Lipinski definition) is 1. The maximum absolute atomic E-state index is 12.8. The molecule has 1 rings (SSSR count). The van der Waals surface area contributed by atoms with E-state index in [0.29, 0.717) is 6.07 Å². The molecule has 0 bridgehead atoms. The van der Waals surface area contributed by atoms with Crippen molar-refractivity contribution in [3.8, 4) is 0 Å². The summed E-state index contributed by atoms with van der Waals surface area (Å²) in [6, 6.07) is 1.29. The zero-order valence-corrected chi connectivity index (χ0v) is 7.54. The second-order valence-electron chi connectivity index (χ2n) is 2.98. The third-order valence-corrected chi connectivity index (χ3v) is 1.83. The van der Waals surface area contributed by atoms with Crippen LogP contribution in [0.1, 0.15) is 11.1 Å². The first-order valence-electron chi connectivity index (χ1n) is 4.11. The quantitative estimate of drug-likeness (QED) is 0.769. The summed E-state index contributed by atoms with van der Waals surface area (Å²) in [5.74, 6) is -3.38. The van der Waals surface area contributed by atoms with E-state index in [0.717, 1.165) is 6.07 Å². The molecule has 0 aliphatic carbocycles. The molecule has 1 aromatic rings. The molecule has 0 fully saturated rings. The predicted molar refractivity (Wildman–Crippen MR) is 44.1 cm³/mol. The topological polar surface area (TPSA) is 26.0 Å². The van der Waals surface area contributed by atoms with Gasteiger partial charge in [0, 0.05) is 0 Å². The maximum atomic E-state index is 12.8. The summed E-state index contributed by atoms with van der Waals surface area (Å²) < 4.78 is 62.2. The second-order valence-corrected chi connectivity index (χ2v) is 2.98. The molecule has 0 aromatic heterocycles. The summed E-state index contributed by atoms with van der Waals surface area (Å²) in [6.07, 6.45) is -4.82. The van der Waals surface area contributed by atoms with E-state index >= 15 is 0 Å². The van der Waals surface area contributed by atoms with Gasteiger partial charge in [-0.15, -0.1) is 0 Å². The van der Waals surface area contributed by atoms with Gasteiger partial charge in [0.1, 0.15) is 0 Å². The van der Waals surface area contributed by atoms with Gasteiger partial charge in [0.15, 0.2) is 11.6 Å². The van der Waals surface area contributed by atoms with Gasteiger partial charge in [0.2, 0.25) is 0 Å². The number of halogens is 5. The van der Waals surface area contributed by atoms with Gasteiger partial charge in [-0.3, -0.25) is 0 Å². The highest BCUT2D eigenvalue weighted by atomic mass is 19.4. The Kier molecular flexibility index (Phi) is 3.28. The van der Waals surface area contributed by atoms with Crippen molar-refractivity contribution in [1.29, 1.82) is 0 Å². The Morgan fingerprint density at radius 2 is 1.73 bits per heavy atom. The van der Waals surface area contributed by atoms with Crippen LogP contribution in [0.25, 0.3) is 0 Å². The smallest absolute Gasteiger partial charge is 0.330 e. The van der Waals surface area contributed by atoms with Gasteiger partial charge in [-0.2, -0.15) is 13.2 Å². The summed E-state index contributed by atoms with van der Waals surface area (Å²) in [5, 5.41) is 0. The number of benzene rings is 1. The Labute approximate surface area is 82.7 Å². The van der Waals surface area contributed by atoms with Crippen LogP contribution < -0.4 is 5.73 Å².